The number of nitrogens with one attached hydrogen (secondary N) is 1. The lowest BCUT2D eigenvalue weighted by Crippen LogP contribution is -2.17. The number of nitrogens with zero attached hydrogens (tertiary/aromatic N) is 3. The van der Waals surface area contributed by atoms with Crippen molar-refractivity contribution in [1.82, 2.24) is 5.43 Å². The monoisotopic (exact) mass is 436 g/mol. The molecule has 31 heavy (non-hydrogen) atoms. The smallest absolute Gasteiger partial charge is 0.267 e. The largest absolute Gasteiger partial charge is 0.283 e. The molecule has 156 valence electrons. The minimum Gasteiger partial charge on any atom is -0.267 e. The Labute approximate surface area is 181 Å². The quantitative estimate of drug-likeness (QED) is 0.324. The summed E-state index contributed by atoms with van der Waals surface area (Å²) in [6.07, 6.45) is 1.27. The fourth-order valence-electron chi connectivity index (χ4n) is 2.57. The van der Waals surface area contributed by atoms with Gasteiger partial charge in [-0.05, 0) is 31.2 Å². The van der Waals surface area contributed by atoms with Crippen molar-refractivity contribution >= 4 is 35.3 Å². The molecule has 0 atom stereocenters. The summed E-state index contributed by atoms with van der Waals surface area (Å²) in [5.41, 5.74) is 3.54. The maximum Gasteiger partial charge on any atom is 0.283 e. The van der Waals surface area contributed by atoms with Gasteiger partial charge in [0.2, 0.25) is 0 Å². The van der Waals surface area contributed by atoms with Crippen LogP contribution in [0.2, 0.25) is 0 Å². The van der Waals surface area contributed by atoms with Crippen LogP contribution in [-0.4, -0.2) is 22.0 Å². The Kier molecular flexibility index (Phi) is 6.73. The van der Waals surface area contributed by atoms with Crippen LogP contribution in [0.25, 0.3) is 0 Å². The molecular weight excluding hydrogens is 420 g/mol. The molecule has 0 saturated carbocycles. The molecule has 0 aliphatic carbocycles. The van der Waals surface area contributed by atoms with Crippen LogP contribution in [-0.2, 0) is 0 Å². The van der Waals surface area contributed by atoms with Crippen molar-refractivity contribution in [3.63, 3.8) is 0 Å². The van der Waals surface area contributed by atoms with E-state index in [9.17, 15) is 25.0 Å². The van der Waals surface area contributed by atoms with E-state index in [0.717, 1.165) is 16.5 Å². The molecule has 9 nitrogen and oxygen atoms in total. The molecule has 1 N–H and O–H groups in total. The first kappa shape index (κ1) is 21.7. The van der Waals surface area contributed by atoms with E-state index >= 15 is 0 Å². The molecule has 3 rings (SSSR count). The van der Waals surface area contributed by atoms with Crippen molar-refractivity contribution in [2.75, 3.05) is 0 Å². The Morgan fingerprint density at radius 1 is 1.00 bits per heavy atom. The van der Waals surface area contributed by atoms with Gasteiger partial charge in [-0.1, -0.05) is 41.6 Å². The van der Waals surface area contributed by atoms with Crippen molar-refractivity contribution in [3.8, 4) is 0 Å². The molecule has 0 aliphatic rings. The molecule has 0 heterocycles. The fraction of sp³-hybridized carbons (Fsp3) is 0.0476. The highest BCUT2D eigenvalue weighted by atomic mass is 32.2. The zero-order valence-electron chi connectivity index (χ0n) is 16.2. The number of hydrogen-bond acceptors (Lipinski definition) is 7. The second-order valence-corrected chi connectivity index (χ2v) is 7.52. The van der Waals surface area contributed by atoms with Gasteiger partial charge in [0.05, 0.1) is 21.0 Å². The lowest BCUT2D eigenvalue weighted by Gasteiger charge is -2.05. The van der Waals surface area contributed by atoms with Gasteiger partial charge in [-0.2, -0.15) is 5.10 Å². The van der Waals surface area contributed by atoms with Crippen molar-refractivity contribution in [3.05, 3.63) is 104 Å². The summed E-state index contributed by atoms with van der Waals surface area (Å²) in [7, 11) is 0. The number of nitro benzene ring substituents is 2. The average molecular weight is 436 g/mol. The predicted octanol–water partition coefficient (Wildman–Crippen LogP) is 4.73. The number of rotatable bonds is 7. The number of benzene rings is 3. The summed E-state index contributed by atoms with van der Waals surface area (Å²) < 4.78 is 0. The molecule has 0 radical (unpaired) electrons. The molecule has 3 aromatic carbocycles. The van der Waals surface area contributed by atoms with E-state index < -0.39 is 15.8 Å². The first-order valence-corrected chi connectivity index (χ1v) is 9.76. The van der Waals surface area contributed by atoms with Crippen LogP contribution >= 0.6 is 11.8 Å². The highest BCUT2D eigenvalue weighted by Crippen LogP contribution is 2.35. The van der Waals surface area contributed by atoms with E-state index in [1.165, 1.54) is 42.2 Å². The molecule has 0 unspecified atom stereocenters. The van der Waals surface area contributed by atoms with Crippen LogP contribution in [0.5, 0.6) is 0 Å². The minimum atomic E-state index is -0.638. The predicted molar refractivity (Wildman–Crippen MR) is 117 cm³/mol. The normalized spacial score (nSPS) is 10.7. The highest BCUT2D eigenvalue weighted by Gasteiger charge is 2.16. The van der Waals surface area contributed by atoms with E-state index in [0.29, 0.717) is 10.5 Å². The summed E-state index contributed by atoms with van der Waals surface area (Å²) in [6, 6.07) is 17.5. The molecule has 10 heteroatoms. The lowest BCUT2D eigenvalue weighted by molar-refractivity contribution is -0.387. The van der Waals surface area contributed by atoms with Gasteiger partial charge >= 0.3 is 0 Å². The third kappa shape index (κ3) is 5.73. The van der Waals surface area contributed by atoms with Crippen molar-refractivity contribution < 1.29 is 14.6 Å². The summed E-state index contributed by atoms with van der Waals surface area (Å²) in [6.45, 7) is 1.96. The van der Waals surface area contributed by atoms with Gasteiger partial charge in [-0.3, -0.25) is 25.0 Å². The van der Waals surface area contributed by atoms with Gasteiger partial charge in [-0.25, -0.2) is 5.43 Å². The molecular formula is C21H16N4O5S. The van der Waals surface area contributed by atoms with E-state index in [2.05, 4.69) is 10.5 Å². The zero-order chi connectivity index (χ0) is 22.4. The third-order valence-corrected chi connectivity index (χ3v) is 5.20. The summed E-state index contributed by atoms with van der Waals surface area (Å²) in [5, 5.41) is 26.1. The number of carbonyl (C=O) groups excluding carboxylic acids is 1. The average Bonchev–Trinajstić information content (AvgIpc) is 2.76. The van der Waals surface area contributed by atoms with Gasteiger partial charge in [0.15, 0.2) is 0 Å². The highest BCUT2D eigenvalue weighted by molar-refractivity contribution is 7.99. The second kappa shape index (κ2) is 9.63. The topological polar surface area (TPSA) is 128 Å². The van der Waals surface area contributed by atoms with Crippen LogP contribution in [0.3, 0.4) is 0 Å². The van der Waals surface area contributed by atoms with Crippen molar-refractivity contribution in [2.24, 2.45) is 5.10 Å². The van der Waals surface area contributed by atoms with E-state index in [1.54, 1.807) is 12.1 Å². The van der Waals surface area contributed by atoms with Gasteiger partial charge < -0.3 is 0 Å². The van der Waals surface area contributed by atoms with Gasteiger partial charge in [0.25, 0.3) is 17.3 Å². The van der Waals surface area contributed by atoms with Crippen molar-refractivity contribution in [2.45, 2.75) is 16.7 Å². The molecule has 3 aromatic rings. The summed E-state index contributed by atoms with van der Waals surface area (Å²) in [4.78, 5) is 34.7. The van der Waals surface area contributed by atoms with Gasteiger partial charge in [0, 0.05) is 34.2 Å². The zero-order valence-corrected chi connectivity index (χ0v) is 17.0. The Hall–Kier alpha value is -4.05. The van der Waals surface area contributed by atoms with E-state index in [1.807, 2.05) is 31.2 Å². The molecule has 0 fully saturated rings. The maximum absolute atomic E-state index is 12.1. The number of hydrogen-bond donors (Lipinski definition) is 1. The van der Waals surface area contributed by atoms with Crippen LogP contribution in [0.1, 0.15) is 21.5 Å². The van der Waals surface area contributed by atoms with Crippen LogP contribution in [0, 0.1) is 27.2 Å². The number of nitro groups is 2. The van der Waals surface area contributed by atoms with Crippen LogP contribution in [0.4, 0.5) is 11.4 Å². The Morgan fingerprint density at radius 3 is 2.42 bits per heavy atom. The third-order valence-electron chi connectivity index (χ3n) is 4.13. The van der Waals surface area contributed by atoms with Gasteiger partial charge in [-0.15, -0.1) is 0 Å². The number of aryl methyl sites for hydroxylation is 1. The van der Waals surface area contributed by atoms with Crippen LogP contribution < -0.4 is 5.43 Å². The van der Waals surface area contributed by atoms with E-state index in [-0.39, 0.29) is 16.9 Å². The SMILES string of the molecule is Cc1ccc(Sc2ccc(/C=N/NC(=O)c3cccc([N+](=O)[O-])c3)cc2[N+](=O)[O-])cc1. The fourth-order valence-corrected chi connectivity index (χ4v) is 3.47. The summed E-state index contributed by atoms with van der Waals surface area (Å²) in [5.74, 6) is -0.638. The lowest BCUT2D eigenvalue weighted by atomic mass is 10.2. The maximum atomic E-state index is 12.1. The molecule has 0 bridgehead atoms. The van der Waals surface area contributed by atoms with Crippen molar-refractivity contribution in [1.29, 1.82) is 0 Å². The molecule has 0 aliphatic heterocycles. The molecule has 0 spiro atoms. The van der Waals surface area contributed by atoms with E-state index in [4.69, 9.17) is 0 Å². The first-order chi connectivity index (χ1) is 14.8. The first-order valence-electron chi connectivity index (χ1n) is 8.94. The van der Waals surface area contributed by atoms with Crippen LogP contribution in [0.15, 0.2) is 81.6 Å². The van der Waals surface area contributed by atoms with Gasteiger partial charge in [0.1, 0.15) is 0 Å². The Bertz CT molecular complexity index is 1180. The number of amides is 1. The number of carbonyl (C=O) groups is 1. The Balaban J connectivity index is 1.73. The standard InChI is InChI=1S/C21H16N4O5S/c1-14-5-8-18(9-6-14)31-20-10-7-15(11-19(20)25(29)30)13-22-23-21(26)16-3-2-4-17(12-16)24(27)28/h2-13H,1H3,(H,23,26)/b22-13+. The summed E-state index contributed by atoms with van der Waals surface area (Å²) >= 11 is 1.28. The number of non-ortho nitro benzene ring substituents is 1. The number of hydrazone groups is 1. The second-order valence-electron chi connectivity index (χ2n) is 6.41. The molecule has 0 saturated heterocycles. The minimum absolute atomic E-state index is 0.0715. The molecule has 1 amide bonds. The Morgan fingerprint density at radius 2 is 1.74 bits per heavy atom. The molecule has 0 aromatic heterocycles.